The molecule has 1 aliphatic heterocycles. The molecule has 0 spiro atoms. The Balaban J connectivity index is 0.00000256. The fourth-order valence-corrected chi connectivity index (χ4v) is 5.30. The molecule has 1 aliphatic rings. The second kappa shape index (κ2) is 9.71. The molecule has 3 heterocycles. The summed E-state index contributed by atoms with van der Waals surface area (Å²) in [6.07, 6.45) is 0. The average Bonchev–Trinajstić information content (AvgIpc) is 3.26. The summed E-state index contributed by atoms with van der Waals surface area (Å²) in [5.74, 6) is 1.65. The van der Waals surface area contributed by atoms with E-state index in [1.807, 2.05) is 38.1 Å². The summed E-state index contributed by atoms with van der Waals surface area (Å²) in [5.41, 5.74) is 1.16. The van der Waals surface area contributed by atoms with Gasteiger partial charge in [0, 0.05) is 42.8 Å². The van der Waals surface area contributed by atoms with Gasteiger partial charge in [-0.3, -0.25) is 9.69 Å². The zero-order chi connectivity index (χ0) is 20.5. The Morgan fingerprint density at radius 1 is 1.20 bits per heavy atom. The lowest BCUT2D eigenvalue weighted by molar-refractivity contribution is 0.0852. The normalized spacial score (nSPS) is 16.4. The largest absolute Gasteiger partial charge is 0.465 e. The number of hydrogen-bond acceptors (Lipinski definition) is 5. The van der Waals surface area contributed by atoms with E-state index < -0.39 is 0 Å². The second-order valence-electron chi connectivity index (χ2n) is 7.76. The molecular formula is C22H27Cl2N3O2S. The summed E-state index contributed by atoms with van der Waals surface area (Å²) in [4.78, 5) is 18.2. The number of piperazine rings is 1. The standard InChI is InChI=1S/C22H26ClN3O2S.ClH/c1-14-4-6-16-19(12-14)29-21(20(16)23)22(27)24-13-17(18-7-5-15(2)28-18)26-10-8-25(3)9-11-26;/h4-7,12,17H,8-11,13H2,1-3H3,(H,24,27);1H. The van der Waals surface area contributed by atoms with Gasteiger partial charge in [-0.1, -0.05) is 23.7 Å². The van der Waals surface area contributed by atoms with Gasteiger partial charge in [0.15, 0.2) is 0 Å². The summed E-state index contributed by atoms with van der Waals surface area (Å²) in [7, 11) is 2.14. The number of nitrogens with one attached hydrogen (secondary N) is 1. The lowest BCUT2D eigenvalue weighted by Gasteiger charge is -2.37. The third-order valence-corrected chi connectivity index (χ3v) is 7.17. The lowest BCUT2D eigenvalue weighted by atomic mass is 10.1. The molecular weight excluding hydrogens is 441 g/mol. The minimum atomic E-state index is -0.128. The van der Waals surface area contributed by atoms with Crippen LogP contribution in [0.25, 0.3) is 10.1 Å². The van der Waals surface area contributed by atoms with Gasteiger partial charge in [-0.2, -0.15) is 0 Å². The Bertz CT molecular complexity index is 1020. The first-order chi connectivity index (χ1) is 13.9. The number of rotatable bonds is 5. The topological polar surface area (TPSA) is 48.7 Å². The van der Waals surface area contributed by atoms with Crippen molar-refractivity contribution in [3.8, 4) is 0 Å². The van der Waals surface area contributed by atoms with Crippen molar-refractivity contribution in [2.75, 3.05) is 39.8 Å². The number of likely N-dealkylation sites (N-methyl/N-ethyl adjacent to an activating group) is 1. The van der Waals surface area contributed by atoms with Crippen molar-refractivity contribution in [1.82, 2.24) is 15.1 Å². The van der Waals surface area contributed by atoms with Gasteiger partial charge < -0.3 is 14.6 Å². The van der Waals surface area contributed by atoms with Gasteiger partial charge >= 0.3 is 0 Å². The van der Waals surface area contributed by atoms with Gasteiger partial charge in [-0.25, -0.2) is 0 Å². The number of fused-ring (bicyclic) bond motifs is 1. The predicted octanol–water partition coefficient (Wildman–Crippen LogP) is 4.90. The van der Waals surface area contributed by atoms with Crippen molar-refractivity contribution < 1.29 is 9.21 Å². The number of aryl methyl sites for hydroxylation is 2. The Hall–Kier alpha value is -1.57. The molecule has 0 bridgehead atoms. The van der Waals surface area contributed by atoms with Crippen LogP contribution in [0.1, 0.15) is 32.8 Å². The molecule has 1 aromatic carbocycles. The summed E-state index contributed by atoms with van der Waals surface area (Å²) in [6, 6.07) is 10.1. The van der Waals surface area contributed by atoms with Gasteiger partial charge in [-0.15, -0.1) is 23.7 Å². The number of carbonyl (C=O) groups excluding carboxylic acids is 1. The zero-order valence-corrected chi connectivity index (χ0v) is 19.8. The Morgan fingerprint density at radius 3 is 2.60 bits per heavy atom. The monoisotopic (exact) mass is 467 g/mol. The summed E-state index contributed by atoms with van der Waals surface area (Å²) >= 11 is 7.97. The number of halogens is 2. The van der Waals surface area contributed by atoms with E-state index in [1.165, 1.54) is 11.3 Å². The van der Waals surface area contributed by atoms with Crippen molar-refractivity contribution in [2.24, 2.45) is 0 Å². The van der Waals surface area contributed by atoms with Gasteiger partial charge in [0.1, 0.15) is 16.4 Å². The van der Waals surface area contributed by atoms with Crippen LogP contribution in [0.5, 0.6) is 0 Å². The number of carbonyl (C=O) groups is 1. The maximum absolute atomic E-state index is 13.0. The Kier molecular flexibility index (Phi) is 7.47. The summed E-state index contributed by atoms with van der Waals surface area (Å²) in [6.45, 7) is 8.37. The first kappa shape index (κ1) is 23.1. The molecule has 1 saturated heterocycles. The second-order valence-corrected chi connectivity index (χ2v) is 9.19. The van der Waals surface area contributed by atoms with Crippen LogP contribution in [0.2, 0.25) is 5.02 Å². The van der Waals surface area contributed by atoms with Gasteiger partial charge in [-0.05, 0) is 44.7 Å². The van der Waals surface area contributed by atoms with E-state index in [4.69, 9.17) is 16.0 Å². The van der Waals surface area contributed by atoms with Crippen LogP contribution >= 0.6 is 35.3 Å². The van der Waals surface area contributed by atoms with Gasteiger partial charge in [0.05, 0.1) is 11.1 Å². The third-order valence-electron chi connectivity index (χ3n) is 5.52. The molecule has 8 heteroatoms. The molecule has 1 unspecified atom stereocenters. The minimum Gasteiger partial charge on any atom is -0.465 e. The molecule has 1 amide bonds. The molecule has 30 heavy (non-hydrogen) atoms. The highest BCUT2D eigenvalue weighted by molar-refractivity contribution is 7.21. The third kappa shape index (κ3) is 4.84. The van der Waals surface area contributed by atoms with Crippen LogP contribution in [0.15, 0.2) is 34.7 Å². The van der Waals surface area contributed by atoms with Crippen LogP contribution < -0.4 is 5.32 Å². The summed E-state index contributed by atoms with van der Waals surface area (Å²) < 4.78 is 6.96. The molecule has 1 fully saturated rings. The van der Waals surface area contributed by atoms with E-state index >= 15 is 0 Å². The predicted molar refractivity (Wildman–Crippen MR) is 126 cm³/mol. The van der Waals surface area contributed by atoms with Crippen LogP contribution in [0, 0.1) is 13.8 Å². The minimum absolute atomic E-state index is 0. The molecule has 162 valence electrons. The van der Waals surface area contributed by atoms with Crippen molar-refractivity contribution in [2.45, 2.75) is 19.9 Å². The number of benzene rings is 1. The van der Waals surface area contributed by atoms with Crippen molar-refractivity contribution in [3.05, 3.63) is 57.3 Å². The van der Waals surface area contributed by atoms with E-state index in [0.717, 1.165) is 53.3 Å². The molecule has 4 rings (SSSR count). The maximum atomic E-state index is 13.0. The van der Waals surface area contributed by atoms with Crippen molar-refractivity contribution in [1.29, 1.82) is 0 Å². The van der Waals surface area contributed by atoms with Gasteiger partial charge in [0.25, 0.3) is 5.91 Å². The number of furan rings is 1. The van der Waals surface area contributed by atoms with E-state index in [0.29, 0.717) is 16.4 Å². The fourth-order valence-electron chi connectivity index (χ4n) is 3.76. The fraction of sp³-hybridized carbons (Fsp3) is 0.409. The highest BCUT2D eigenvalue weighted by Gasteiger charge is 2.27. The van der Waals surface area contributed by atoms with Crippen LogP contribution in [-0.4, -0.2) is 55.5 Å². The van der Waals surface area contributed by atoms with Crippen LogP contribution in [0.4, 0.5) is 0 Å². The number of hydrogen-bond donors (Lipinski definition) is 1. The molecule has 2 aromatic heterocycles. The number of nitrogens with zero attached hydrogens (tertiary/aromatic N) is 2. The van der Waals surface area contributed by atoms with E-state index in [-0.39, 0.29) is 24.4 Å². The SMILES string of the molecule is Cc1ccc2c(Cl)c(C(=O)NCC(c3ccc(C)o3)N3CCN(C)CC3)sc2c1.Cl. The average molecular weight is 468 g/mol. The maximum Gasteiger partial charge on any atom is 0.263 e. The number of amides is 1. The molecule has 3 aromatic rings. The smallest absolute Gasteiger partial charge is 0.263 e. The van der Waals surface area contributed by atoms with Crippen molar-refractivity contribution in [3.63, 3.8) is 0 Å². The van der Waals surface area contributed by atoms with E-state index in [2.05, 4.69) is 28.2 Å². The molecule has 1 N–H and O–H groups in total. The van der Waals surface area contributed by atoms with Crippen LogP contribution in [-0.2, 0) is 0 Å². The molecule has 0 saturated carbocycles. The summed E-state index contributed by atoms with van der Waals surface area (Å²) in [5, 5.41) is 4.57. The molecule has 0 radical (unpaired) electrons. The molecule has 5 nitrogen and oxygen atoms in total. The molecule has 0 aliphatic carbocycles. The Labute approximate surface area is 192 Å². The Morgan fingerprint density at radius 2 is 1.93 bits per heavy atom. The van der Waals surface area contributed by atoms with Gasteiger partial charge in [0.2, 0.25) is 0 Å². The highest BCUT2D eigenvalue weighted by Crippen LogP contribution is 2.36. The van der Waals surface area contributed by atoms with E-state index in [9.17, 15) is 4.79 Å². The first-order valence-electron chi connectivity index (χ1n) is 9.88. The highest BCUT2D eigenvalue weighted by atomic mass is 35.5. The van der Waals surface area contributed by atoms with Crippen LogP contribution in [0.3, 0.4) is 0 Å². The zero-order valence-electron chi connectivity index (χ0n) is 17.4. The lowest BCUT2D eigenvalue weighted by Crippen LogP contribution is -2.48. The van der Waals surface area contributed by atoms with Crippen molar-refractivity contribution >= 4 is 51.3 Å². The number of thiophene rings is 1. The quantitative estimate of drug-likeness (QED) is 0.579. The molecule has 1 atom stereocenters. The first-order valence-corrected chi connectivity index (χ1v) is 11.1. The van der Waals surface area contributed by atoms with E-state index in [1.54, 1.807) is 0 Å².